The van der Waals surface area contributed by atoms with Crippen molar-refractivity contribution in [2.45, 2.75) is 6.61 Å². The summed E-state index contributed by atoms with van der Waals surface area (Å²) in [4.78, 5) is 22.8. The Morgan fingerprint density at radius 3 is 2.92 bits per heavy atom. The molecular weight excluding hydrogens is 320 g/mol. The third-order valence-corrected chi connectivity index (χ3v) is 3.38. The molecule has 0 fully saturated rings. The lowest BCUT2D eigenvalue weighted by Gasteiger charge is -2.17. The average molecular weight is 336 g/mol. The molecular formula is C19H16N2O4. The first kappa shape index (κ1) is 16.4. The number of ether oxygens (including phenoxy) is 2. The Kier molecular flexibility index (Phi) is 5.17. The molecule has 126 valence electrons. The summed E-state index contributed by atoms with van der Waals surface area (Å²) in [7, 11) is 0. The van der Waals surface area contributed by atoms with Crippen molar-refractivity contribution in [3.05, 3.63) is 59.7 Å². The number of amides is 2. The quantitative estimate of drug-likeness (QED) is 0.843. The van der Waals surface area contributed by atoms with Crippen LogP contribution in [0.25, 0.3) is 0 Å². The first-order valence-electron chi connectivity index (χ1n) is 7.71. The fourth-order valence-corrected chi connectivity index (χ4v) is 2.19. The second-order valence-corrected chi connectivity index (χ2v) is 5.26. The van der Waals surface area contributed by atoms with Crippen molar-refractivity contribution in [3.63, 3.8) is 0 Å². The summed E-state index contributed by atoms with van der Waals surface area (Å²) in [6, 6.07) is 14.7. The molecule has 0 unspecified atom stereocenters. The van der Waals surface area contributed by atoms with E-state index in [4.69, 9.17) is 9.47 Å². The summed E-state index contributed by atoms with van der Waals surface area (Å²) in [6.07, 6.45) is -0.519. The van der Waals surface area contributed by atoms with Gasteiger partial charge in [0, 0.05) is 5.56 Å². The molecule has 3 rings (SSSR count). The van der Waals surface area contributed by atoms with Gasteiger partial charge in [-0.1, -0.05) is 42.2 Å². The van der Waals surface area contributed by atoms with Gasteiger partial charge in [-0.05, 0) is 23.8 Å². The molecule has 0 saturated heterocycles. The Morgan fingerprint density at radius 2 is 2.08 bits per heavy atom. The van der Waals surface area contributed by atoms with Crippen LogP contribution in [0.15, 0.2) is 48.5 Å². The van der Waals surface area contributed by atoms with Gasteiger partial charge in [0.2, 0.25) is 0 Å². The van der Waals surface area contributed by atoms with Gasteiger partial charge in [0.05, 0.1) is 12.2 Å². The van der Waals surface area contributed by atoms with Crippen LogP contribution < -0.4 is 15.4 Å². The molecule has 0 atom stereocenters. The van der Waals surface area contributed by atoms with Crippen molar-refractivity contribution in [2.75, 3.05) is 18.5 Å². The summed E-state index contributed by atoms with van der Waals surface area (Å²) in [5.41, 5.74) is 2.28. The molecule has 1 heterocycles. The smallest absolute Gasteiger partial charge is 0.408 e. The maximum atomic E-state index is 11.6. The molecule has 6 heteroatoms. The molecule has 0 bridgehead atoms. The third-order valence-electron chi connectivity index (χ3n) is 3.38. The van der Waals surface area contributed by atoms with Gasteiger partial charge >= 0.3 is 6.09 Å². The van der Waals surface area contributed by atoms with Crippen LogP contribution in [0.1, 0.15) is 11.1 Å². The molecule has 0 aliphatic carbocycles. The van der Waals surface area contributed by atoms with Crippen LogP contribution in [0.4, 0.5) is 10.5 Å². The Labute approximate surface area is 145 Å². The SMILES string of the molecule is O=C1COc2cc(C#CCNC(=O)OCc3ccccc3)ccc2N1. The zero-order valence-corrected chi connectivity index (χ0v) is 13.4. The summed E-state index contributed by atoms with van der Waals surface area (Å²) in [6.45, 7) is 0.384. The second-order valence-electron chi connectivity index (χ2n) is 5.26. The average Bonchev–Trinajstić information content (AvgIpc) is 2.64. The monoisotopic (exact) mass is 336 g/mol. The van der Waals surface area contributed by atoms with Gasteiger partial charge in [0.15, 0.2) is 6.61 Å². The maximum absolute atomic E-state index is 11.6. The Balaban J connectivity index is 1.46. The number of carbonyl (C=O) groups is 2. The molecule has 6 nitrogen and oxygen atoms in total. The fourth-order valence-electron chi connectivity index (χ4n) is 2.19. The zero-order valence-electron chi connectivity index (χ0n) is 13.4. The summed E-state index contributed by atoms with van der Waals surface area (Å²) in [5, 5.41) is 5.28. The van der Waals surface area contributed by atoms with E-state index in [2.05, 4.69) is 22.5 Å². The van der Waals surface area contributed by atoms with E-state index < -0.39 is 6.09 Å². The molecule has 25 heavy (non-hydrogen) atoms. The van der Waals surface area contributed by atoms with Gasteiger partial charge in [-0.15, -0.1) is 0 Å². The lowest BCUT2D eigenvalue weighted by Crippen LogP contribution is -2.25. The van der Waals surface area contributed by atoms with Crippen molar-refractivity contribution >= 4 is 17.7 Å². The highest BCUT2D eigenvalue weighted by Crippen LogP contribution is 2.28. The van der Waals surface area contributed by atoms with Gasteiger partial charge in [-0.25, -0.2) is 4.79 Å². The summed E-state index contributed by atoms with van der Waals surface area (Å²) < 4.78 is 10.4. The number of anilines is 1. The topological polar surface area (TPSA) is 76.7 Å². The molecule has 0 saturated carbocycles. The van der Waals surface area contributed by atoms with Crippen molar-refractivity contribution in [3.8, 4) is 17.6 Å². The first-order chi connectivity index (χ1) is 12.2. The van der Waals surface area contributed by atoms with Crippen molar-refractivity contribution < 1.29 is 19.1 Å². The van der Waals surface area contributed by atoms with Crippen LogP contribution in [0.5, 0.6) is 5.75 Å². The van der Waals surface area contributed by atoms with Gasteiger partial charge in [0.25, 0.3) is 5.91 Å². The minimum atomic E-state index is -0.519. The highest BCUT2D eigenvalue weighted by atomic mass is 16.5. The van der Waals surface area contributed by atoms with Gasteiger partial charge in [-0.3, -0.25) is 4.79 Å². The van der Waals surface area contributed by atoms with Crippen LogP contribution in [0.3, 0.4) is 0 Å². The van der Waals surface area contributed by atoms with Gasteiger partial charge in [-0.2, -0.15) is 0 Å². The Hall–Kier alpha value is -3.46. The van der Waals surface area contributed by atoms with Crippen LogP contribution in [-0.2, 0) is 16.1 Å². The number of nitrogens with one attached hydrogen (secondary N) is 2. The molecule has 0 spiro atoms. The molecule has 0 radical (unpaired) electrons. The van der Waals surface area contributed by atoms with Crippen LogP contribution in [-0.4, -0.2) is 25.2 Å². The van der Waals surface area contributed by atoms with Crippen LogP contribution in [0, 0.1) is 11.8 Å². The highest BCUT2D eigenvalue weighted by molar-refractivity contribution is 5.95. The molecule has 1 aliphatic rings. The Bertz CT molecular complexity index is 837. The summed E-state index contributed by atoms with van der Waals surface area (Å²) >= 11 is 0. The predicted molar refractivity (Wildman–Crippen MR) is 92.1 cm³/mol. The lowest BCUT2D eigenvalue weighted by atomic mass is 10.1. The number of hydrogen-bond acceptors (Lipinski definition) is 4. The first-order valence-corrected chi connectivity index (χ1v) is 7.71. The third kappa shape index (κ3) is 4.75. The predicted octanol–water partition coefficient (Wildman–Crippen LogP) is 2.30. The number of carbonyl (C=O) groups excluding carboxylic acids is 2. The minimum Gasteiger partial charge on any atom is -0.482 e. The lowest BCUT2D eigenvalue weighted by molar-refractivity contribution is -0.118. The van der Waals surface area contributed by atoms with Gasteiger partial charge in [0.1, 0.15) is 12.4 Å². The van der Waals surface area contributed by atoms with E-state index in [1.54, 1.807) is 18.2 Å². The number of benzene rings is 2. The second kappa shape index (κ2) is 7.88. The van der Waals surface area contributed by atoms with Gasteiger partial charge < -0.3 is 20.1 Å². The number of alkyl carbamates (subject to hydrolysis) is 1. The maximum Gasteiger partial charge on any atom is 0.408 e. The molecule has 2 aromatic rings. The zero-order chi connectivity index (χ0) is 17.5. The van der Waals surface area contributed by atoms with E-state index in [1.807, 2.05) is 30.3 Å². The van der Waals surface area contributed by atoms with Crippen LogP contribution >= 0.6 is 0 Å². The van der Waals surface area contributed by atoms with E-state index in [9.17, 15) is 9.59 Å². The van der Waals surface area contributed by atoms with Crippen LogP contribution in [0.2, 0.25) is 0 Å². The molecule has 2 N–H and O–H groups in total. The van der Waals surface area contributed by atoms with E-state index in [1.165, 1.54) is 0 Å². The molecule has 0 aromatic heterocycles. The van der Waals surface area contributed by atoms with Crippen molar-refractivity contribution in [1.82, 2.24) is 5.32 Å². The molecule has 1 aliphatic heterocycles. The van der Waals surface area contributed by atoms with Crippen molar-refractivity contribution in [2.24, 2.45) is 0 Å². The van der Waals surface area contributed by atoms with E-state index in [-0.39, 0.29) is 25.7 Å². The van der Waals surface area contributed by atoms with E-state index in [0.29, 0.717) is 11.4 Å². The number of fused-ring (bicyclic) bond motifs is 1. The number of rotatable bonds is 3. The normalized spacial score (nSPS) is 11.9. The molecule has 2 amide bonds. The standard InChI is InChI=1S/C19H16N2O4/c22-18-13-24-17-11-14(8-9-16(17)21-18)7-4-10-20-19(23)25-12-15-5-2-1-3-6-15/h1-3,5-6,8-9,11H,10,12-13H2,(H,20,23)(H,21,22). The minimum absolute atomic E-state index is 0.00130. The summed E-state index contributed by atoms with van der Waals surface area (Å²) in [5.74, 6) is 6.17. The highest BCUT2D eigenvalue weighted by Gasteiger charge is 2.15. The van der Waals surface area contributed by atoms with Crippen molar-refractivity contribution in [1.29, 1.82) is 0 Å². The molecule has 2 aromatic carbocycles. The largest absolute Gasteiger partial charge is 0.482 e. The fraction of sp³-hybridized carbons (Fsp3) is 0.158. The Morgan fingerprint density at radius 1 is 1.24 bits per heavy atom. The van der Waals surface area contributed by atoms with E-state index >= 15 is 0 Å². The van der Waals surface area contributed by atoms with E-state index in [0.717, 1.165) is 11.1 Å². The number of hydrogen-bond donors (Lipinski definition) is 2.